The van der Waals surface area contributed by atoms with Gasteiger partial charge < -0.3 is 99.0 Å². The van der Waals surface area contributed by atoms with Gasteiger partial charge >= 0.3 is 5.97 Å². The van der Waals surface area contributed by atoms with Gasteiger partial charge in [0.2, 0.25) is 41.4 Å². The number of aromatic nitrogens is 2. The summed E-state index contributed by atoms with van der Waals surface area (Å²) < 4.78 is 77.0. The zero-order chi connectivity index (χ0) is 76.8. The summed E-state index contributed by atoms with van der Waals surface area (Å²) in [6.45, 7) is 6.92. The van der Waals surface area contributed by atoms with Crippen LogP contribution in [0.2, 0.25) is 0 Å². The normalized spacial score (nSPS) is 17.9. The number of rotatable bonds is 48. The fourth-order valence-corrected chi connectivity index (χ4v) is 13.1. The van der Waals surface area contributed by atoms with Gasteiger partial charge in [-0.25, -0.2) is 14.2 Å². The summed E-state index contributed by atoms with van der Waals surface area (Å²) in [5, 5.41) is 30.3. The highest BCUT2D eigenvalue weighted by molar-refractivity contribution is 6.13. The molecule has 5 aliphatic rings. The van der Waals surface area contributed by atoms with Gasteiger partial charge in [-0.3, -0.25) is 52.8 Å². The third-order valence-corrected chi connectivity index (χ3v) is 18.9. The van der Waals surface area contributed by atoms with E-state index in [1.54, 1.807) is 50.2 Å². The van der Waals surface area contributed by atoms with E-state index in [1.807, 2.05) is 0 Å². The Morgan fingerprint density at radius 2 is 1.19 bits per heavy atom. The summed E-state index contributed by atoms with van der Waals surface area (Å²) in [6.07, 6.45) is 6.36. The summed E-state index contributed by atoms with van der Waals surface area (Å²) in [4.78, 5) is 147. The number of hydrogen-bond acceptors (Lipinski definition) is 24. The highest BCUT2D eigenvalue weighted by atomic mass is 19.1. The SMILES string of the molecule is CC[C@@]1(O)C(=O)OCc2c1cc1n(c2=O)Cc2c-1nc1cc(F)c(C)c3c1c2[C@@H](NC(=O)COCNC(=O)CNC(=O)[C@H](Cc1ccccc1)NC(=O)CNC(=O)CNC(=O)COCCOCCOCCOCCOCCOCCOCCOCCOCCNC(=O)[C@H]1CC[C@H](CN2C(=O)C=CC2=O)CC1)CC3. The second-order valence-electron chi connectivity index (χ2n) is 26.2. The number of imide groups is 1. The summed E-state index contributed by atoms with van der Waals surface area (Å²) in [5.74, 6) is -5.71. The molecule has 3 aliphatic heterocycles. The quantitative estimate of drug-likeness (QED) is 0.0108. The minimum Gasteiger partial charge on any atom is -0.458 e. The molecule has 0 radical (unpaired) electrons. The molecule has 0 saturated heterocycles. The van der Waals surface area contributed by atoms with E-state index >= 15 is 4.39 Å². The van der Waals surface area contributed by atoms with Gasteiger partial charge in [0.25, 0.3) is 17.4 Å². The van der Waals surface area contributed by atoms with Crippen molar-refractivity contribution in [1.29, 1.82) is 0 Å². The number of nitrogens with one attached hydrogen (secondary N) is 7. The van der Waals surface area contributed by atoms with Crippen molar-refractivity contribution < 1.29 is 110 Å². The maximum absolute atomic E-state index is 15.4. The van der Waals surface area contributed by atoms with Crippen molar-refractivity contribution in [3.63, 3.8) is 0 Å². The standard InChI is InChI=1S/C74H97FN10O23/c1-3-74(97)54-36-59-69-52(42-84(59)72(95)53(54)43-108-73(74)96)68-56(14-13-51-47(2)55(75)37-57(83-69)67(51)68)81-64(90)45-107-46-80-61(87)39-79-71(94)58(35-48-7-5-4-6-8-48)82-62(88)40-77-60(86)38-78-63(89)44-106-34-33-105-32-31-104-30-29-103-28-27-102-26-25-101-24-23-100-22-21-99-20-19-98-18-17-76-70(93)50-11-9-49(10-12-50)41-85-65(91)15-16-66(85)92/h4-8,15-16,36-37,49-50,56,58,97H,3,9-14,17-35,38-46H2,1-2H3,(H,76,93)(H,77,86)(H,78,89)(H,79,94)(H,80,87)(H,81,90)(H,82,88)/t49-,50-,56-,58-,74-/m0/s1. The Labute approximate surface area is 622 Å². The van der Waals surface area contributed by atoms with E-state index in [4.69, 9.17) is 57.1 Å². The molecule has 0 unspecified atom stereocenters. The Morgan fingerprint density at radius 3 is 1.80 bits per heavy atom. The third kappa shape index (κ3) is 24.0. The summed E-state index contributed by atoms with van der Waals surface area (Å²) in [5.41, 5.74) is 1.77. The van der Waals surface area contributed by atoms with Gasteiger partial charge in [0.15, 0.2) is 5.60 Å². The molecule has 108 heavy (non-hydrogen) atoms. The number of halogens is 1. The van der Waals surface area contributed by atoms with Crippen LogP contribution in [0.25, 0.3) is 22.3 Å². The lowest BCUT2D eigenvalue weighted by Crippen LogP contribution is -2.52. The highest BCUT2D eigenvalue weighted by Gasteiger charge is 2.46. The van der Waals surface area contributed by atoms with E-state index in [0.717, 1.165) is 31.2 Å². The maximum atomic E-state index is 15.4. The van der Waals surface area contributed by atoms with Crippen molar-refractivity contribution in [1.82, 2.24) is 51.7 Å². The molecule has 8 N–H and O–H groups in total. The predicted octanol–water partition coefficient (Wildman–Crippen LogP) is -0.206. The molecule has 4 aromatic rings. The van der Waals surface area contributed by atoms with Crippen LogP contribution in [0.5, 0.6) is 0 Å². The smallest absolute Gasteiger partial charge is 0.343 e. The van der Waals surface area contributed by atoms with Crippen LogP contribution in [0, 0.1) is 24.6 Å². The fraction of sp³-hybridized carbons (Fsp3) is 0.568. The first-order valence-corrected chi connectivity index (χ1v) is 36.4. The molecule has 9 rings (SSSR count). The first-order valence-electron chi connectivity index (χ1n) is 36.4. The first kappa shape index (κ1) is 83.0. The minimum atomic E-state index is -2.06. The number of aryl methyl sites for hydroxylation is 1. The largest absolute Gasteiger partial charge is 0.458 e. The Balaban J connectivity index is 0.538. The number of nitrogens with zero attached hydrogens (tertiary/aromatic N) is 3. The fourth-order valence-electron chi connectivity index (χ4n) is 13.1. The number of carbonyl (C=O) groups excluding carboxylic acids is 10. The lowest BCUT2D eigenvalue weighted by atomic mass is 9.81. The zero-order valence-corrected chi connectivity index (χ0v) is 60.9. The molecule has 34 heteroatoms. The van der Waals surface area contributed by atoms with E-state index in [1.165, 1.54) is 27.7 Å². The van der Waals surface area contributed by atoms with Crippen molar-refractivity contribution >= 4 is 70.0 Å². The van der Waals surface area contributed by atoms with Gasteiger partial charge in [0.1, 0.15) is 38.4 Å². The molecular formula is C74H97FN10O23. The third-order valence-electron chi connectivity index (χ3n) is 18.9. The summed E-state index contributed by atoms with van der Waals surface area (Å²) in [7, 11) is 0. The van der Waals surface area contributed by atoms with Gasteiger partial charge in [0.05, 0.1) is 167 Å². The number of fused-ring (bicyclic) bond motifs is 5. The second kappa shape index (κ2) is 42.6. The highest BCUT2D eigenvalue weighted by Crippen LogP contribution is 2.46. The Morgan fingerprint density at radius 1 is 0.630 bits per heavy atom. The maximum Gasteiger partial charge on any atom is 0.343 e. The molecule has 5 heterocycles. The van der Waals surface area contributed by atoms with Crippen LogP contribution in [0.3, 0.4) is 0 Å². The molecule has 9 amide bonds. The minimum absolute atomic E-state index is 0.00558. The lowest BCUT2D eigenvalue weighted by Gasteiger charge is -2.31. The average Bonchev–Trinajstić information content (AvgIpc) is 1.51. The number of carbonyl (C=O) groups is 10. The summed E-state index contributed by atoms with van der Waals surface area (Å²) >= 11 is 0. The van der Waals surface area contributed by atoms with Crippen molar-refractivity contribution in [3.8, 4) is 11.4 Å². The number of amides is 9. The number of esters is 1. The van der Waals surface area contributed by atoms with Crippen LogP contribution in [-0.2, 0) is 132 Å². The van der Waals surface area contributed by atoms with Gasteiger partial charge in [-0.1, -0.05) is 37.3 Å². The number of ether oxygens (including phenoxy) is 11. The summed E-state index contributed by atoms with van der Waals surface area (Å²) in [6, 6.07) is 9.79. The van der Waals surface area contributed by atoms with Gasteiger partial charge in [-0.15, -0.1) is 0 Å². The number of aliphatic hydroxyl groups is 1. The first-order chi connectivity index (χ1) is 52.3. The van der Waals surface area contributed by atoms with E-state index in [9.17, 15) is 57.8 Å². The zero-order valence-electron chi connectivity index (χ0n) is 60.9. The van der Waals surface area contributed by atoms with Crippen LogP contribution in [0.4, 0.5) is 4.39 Å². The molecular weight excluding hydrogens is 1420 g/mol. The van der Waals surface area contributed by atoms with Crippen LogP contribution < -0.4 is 42.8 Å². The Kier molecular flexibility index (Phi) is 32.7. The molecule has 0 spiro atoms. The van der Waals surface area contributed by atoms with Crippen LogP contribution in [0.1, 0.15) is 90.4 Å². The van der Waals surface area contributed by atoms with Gasteiger partial charge in [-0.05, 0) is 86.1 Å². The van der Waals surface area contributed by atoms with Crippen LogP contribution in [0.15, 0.2) is 59.4 Å². The lowest BCUT2D eigenvalue weighted by molar-refractivity contribution is -0.172. The average molecular weight is 1510 g/mol. The van der Waals surface area contributed by atoms with Crippen LogP contribution in [-0.4, -0.2) is 250 Å². The van der Waals surface area contributed by atoms with Gasteiger partial charge in [-0.2, -0.15) is 0 Å². The molecule has 0 bridgehead atoms. The Bertz CT molecular complexity index is 3870. The molecule has 2 aromatic heterocycles. The van der Waals surface area contributed by atoms with E-state index < -0.39 is 103 Å². The molecule has 588 valence electrons. The van der Waals surface area contributed by atoms with Crippen molar-refractivity contribution in [3.05, 3.63) is 110 Å². The second-order valence-corrected chi connectivity index (χ2v) is 26.2. The Hall–Kier alpha value is -9.07. The molecule has 2 aromatic carbocycles. The number of hydrogen-bond donors (Lipinski definition) is 8. The van der Waals surface area contributed by atoms with Crippen molar-refractivity contribution in [2.24, 2.45) is 11.8 Å². The topological polar surface area (TPSA) is 415 Å². The number of cyclic esters (lactones) is 1. The molecule has 2 aliphatic carbocycles. The molecule has 3 atom stereocenters. The monoisotopic (exact) mass is 1510 g/mol. The van der Waals surface area contributed by atoms with Crippen molar-refractivity contribution in [2.45, 2.75) is 96.1 Å². The van der Waals surface area contributed by atoms with E-state index in [0.29, 0.717) is 163 Å². The predicted molar refractivity (Wildman–Crippen MR) is 380 cm³/mol. The molecule has 33 nitrogen and oxygen atoms in total. The molecule has 1 fully saturated rings. The number of pyridine rings is 2. The van der Waals surface area contributed by atoms with E-state index in [-0.39, 0.29) is 93.1 Å². The molecule has 1 saturated carbocycles. The van der Waals surface area contributed by atoms with Crippen molar-refractivity contribution in [2.75, 3.05) is 165 Å². The van der Waals surface area contributed by atoms with Crippen LogP contribution >= 0.6 is 0 Å². The van der Waals surface area contributed by atoms with E-state index in [2.05, 4.69) is 37.2 Å². The van der Waals surface area contributed by atoms with Gasteiger partial charge in [0, 0.05) is 60.2 Å². The number of benzene rings is 2.